The van der Waals surface area contributed by atoms with E-state index in [2.05, 4.69) is 15.1 Å². The molecule has 3 aromatic rings. The smallest absolute Gasteiger partial charge is 0.156 e. The summed E-state index contributed by atoms with van der Waals surface area (Å²) in [6.45, 7) is 2.46. The predicted molar refractivity (Wildman–Crippen MR) is 70.9 cm³/mol. The molecule has 0 radical (unpaired) electrons. The van der Waals surface area contributed by atoms with Crippen LogP contribution in [0.3, 0.4) is 0 Å². The van der Waals surface area contributed by atoms with Gasteiger partial charge in [-0.25, -0.2) is 4.98 Å². The van der Waals surface area contributed by atoms with Crippen molar-refractivity contribution < 1.29 is 0 Å². The number of aromatic nitrogens is 4. The molecule has 2 aromatic heterocycles. The topological polar surface area (TPSA) is 72.5 Å². The first-order valence-electron chi connectivity index (χ1n) is 5.87. The lowest BCUT2D eigenvalue weighted by atomic mass is 10.2. The van der Waals surface area contributed by atoms with Crippen LogP contribution >= 0.6 is 0 Å². The van der Waals surface area contributed by atoms with Crippen molar-refractivity contribution in [3.05, 3.63) is 35.5 Å². The van der Waals surface area contributed by atoms with Crippen molar-refractivity contribution in [1.82, 2.24) is 19.7 Å². The van der Waals surface area contributed by atoms with Gasteiger partial charge in [-0.05, 0) is 24.6 Å². The Bertz CT molecular complexity index is 707. The van der Waals surface area contributed by atoms with Crippen molar-refractivity contribution >= 4 is 11.0 Å². The molecular formula is C13H15N5. The van der Waals surface area contributed by atoms with Crippen molar-refractivity contribution in [3.8, 4) is 11.5 Å². The minimum atomic E-state index is 0.492. The predicted octanol–water partition coefficient (Wildman–Crippen LogP) is 1.73. The lowest BCUT2D eigenvalue weighted by Gasteiger charge is -1.96. The maximum absolute atomic E-state index is 5.73. The highest BCUT2D eigenvalue weighted by Crippen LogP contribution is 2.22. The van der Waals surface area contributed by atoms with Crippen molar-refractivity contribution in [2.24, 2.45) is 12.8 Å². The normalized spacial score (nSPS) is 11.3. The standard InChI is InChI=1S/C13H15N5/c1-8-6-11(18(2)17-8)13-15-10-5-3-4-9(7-14)12(10)16-13/h3-6H,7,14H2,1-2H3,(H,15,16). The van der Waals surface area contributed by atoms with Crippen LogP contribution in [0.1, 0.15) is 11.3 Å². The van der Waals surface area contributed by atoms with E-state index in [1.54, 1.807) is 0 Å². The van der Waals surface area contributed by atoms with Gasteiger partial charge in [0.15, 0.2) is 5.82 Å². The fourth-order valence-electron chi connectivity index (χ4n) is 2.21. The first-order valence-corrected chi connectivity index (χ1v) is 5.87. The molecule has 0 unspecified atom stereocenters. The summed E-state index contributed by atoms with van der Waals surface area (Å²) >= 11 is 0. The first-order chi connectivity index (χ1) is 8.69. The third-order valence-corrected chi connectivity index (χ3v) is 3.06. The zero-order valence-corrected chi connectivity index (χ0v) is 10.4. The van der Waals surface area contributed by atoms with Gasteiger partial charge >= 0.3 is 0 Å². The van der Waals surface area contributed by atoms with Gasteiger partial charge in [-0.2, -0.15) is 5.10 Å². The van der Waals surface area contributed by atoms with E-state index in [1.807, 2.05) is 42.9 Å². The number of hydrogen-bond acceptors (Lipinski definition) is 3. The second-order valence-corrected chi connectivity index (χ2v) is 4.40. The van der Waals surface area contributed by atoms with Crippen LogP contribution in [0, 0.1) is 6.92 Å². The van der Waals surface area contributed by atoms with Crippen molar-refractivity contribution in [2.45, 2.75) is 13.5 Å². The van der Waals surface area contributed by atoms with Gasteiger partial charge in [-0.15, -0.1) is 0 Å². The summed E-state index contributed by atoms with van der Waals surface area (Å²) in [5.41, 5.74) is 10.7. The molecule has 0 saturated heterocycles. The number of nitrogens with one attached hydrogen (secondary N) is 1. The number of rotatable bonds is 2. The molecule has 0 amide bonds. The number of aryl methyl sites for hydroxylation is 2. The second-order valence-electron chi connectivity index (χ2n) is 4.40. The molecule has 0 saturated carbocycles. The minimum absolute atomic E-state index is 0.492. The van der Waals surface area contributed by atoms with E-state index in [9.17, 15) is 0 Å². The highest BCUT2D eigenvalue weighted by atomic mass is 15.3. The molecule has 0 fully saturated rings. The zero-order chi connectivity index (χ0) is 12.7. The second kappa shape index (κ2) is 3.96. The third-order valence-electron chi connectivity index (χ3n) is 3.06. The van der Waals surface area contributed by atoms with Crippen LogP contribution in [0.5, 0.6) is 0 Å². The summed E-state index contributed by atoms with van der Waals surface area (Å²) in [6.07, 6.45) is 0. The van der Waals surface area contributed by atoms with Crippen molar-refractivity contribution in [3.63, 3.8) is 0 Å². The van der Waals surface area contributed by atoms with Crippen LogP contribution in [-0.2, 0) is 13.6 Å². The maximum atomic E-state index is 5.73. The maximum Gasteiger partial charge on any atom is 0.156 e. The highest BCUT2D eigenvalue weighted by molar-refractivity contribution is 5.82. The van der Waals surface area contributed by atoms with Gasteiger partial charge in [0.05, 0.1) is 16.7 Å². The fourth-order valence-corrected chi connectivity index (χ4v) is 2.21. The van der Waals surface area contributed by atoms with Crippen LogP contribution in [0.2, 0.25) is 0 Å². The summed E-state index contributed by atoms with van der Waals surface area (Å²) in [6, 6.07) is 8.01. The average Bonchev–Trinajstić information content (AvgIpc) is 2.91. The Morgan fingerprint density at radius 1 is 1.39 bits per heavy atom. The Morgan fingerprint density at radius 2 is 2.22 bits per heavy atom. The van der Waals surface area contributed by atoms with Crippen molar-refractivity contribution in [2.75, 3.05) is 0 Å². The van der Waals surface area contributed by atoms with Gasteiger partial charge in [0.2, 0.25) is 0 Å². The van der Waals surface area contributed by atoms with Gasteiger partial charge in [0.25, 0.3) is 0 Å². The number of nitrogens with two attached hydrogens (primary N) is 1. The van der Waals surface area contributed by atoms with E-state index in [0.29, 0.717) is 6.54 Å². The van der Waals surface area contributed by atoms with E-state index in [-0.39, 0.29) is 0 Å². The minimum Gasteiger partial charge on any atom is -0.337 e. The molecule has 3 rings (SSSR count). The van der Waals surface area contributed by atoms with Crippen molar-refractivity contribution in [1.29, 1.82) is 0 Å². The monoisotopic (exact) mass is 241 g/mol. The van der Waals surface area contributed by atoms with Crippen LogP contribution in [0.4, 0.5) is 0 Å². The molecule has 5 heteroatoms. The average molecular weight is 241 g/mol. The molecule has 5 nitrogen and oxygen atoms in total. The van der Waals surface area contributed by atoms with Crippen LogP contribution in [0.15, 0.2) is 24.3 Å². The van der Waals surface area contributed by atoms with Crippen LogP contribution in [-0.4, -0.2) is 19.7 Å². The molecule has 2 heterocycles. The number of fused-ring (bicyclic) bond motifs is 1. The van der Waals surface area contributed by atoms with Gasteiger partial charge in [-0.1, -0.05) is 12.1 Å². The quantitative estimate of drug-likeness (QED) is 0.717. The molecule has 18 heavy (non-hydrogen) atoms. The number of hydrogen-bond donors (Lipinski definition) is 2. The molecule has 0 aliphatic carbocycles. The largest absolute Gasteiger partial charge is 0.337 e. The van der Waals surface area contributed by atoms with E-state index in [1.165, 1.54) is 0 Å². The Kier molecular flexibility index (Phi) is 2.41. The summed E-state index contributed by atoms with van der Waals surface area (Å²) in [7, 11) is 1.92. The molecular weight excluding hydrogens is 226 g/mol. The molecule has 0 spiro atoms. The summed E-state index contributed by atoms with van der Waals surface area (Å²) < 4.78 is 1.83. The molecule has 1 aromatic carbocycles. The number of imidazole rings is 1. The zero-order valence-electron chi connectivity index (χ0n) is 10.4. The van der Waals surface area contributed by atoms with Gasteiger partial charge in [-0.3, -0.25) is 4.68 Å². The Balaban J connectivity index is 2.22. The lowest BCUT2D eigenvalue weighted by Crippen LogP contribution is -1.97. The molecule has 92 valence electrons. The summed E-state index contributed by atoms with van der Waals surface area (Å²) in [4.78, 5) is 7.94. The SMILES string of the molecule is Cc1cc(-c2nc3c(CN)cccc3[nH]2)n(C)n1. The number of aromatic amines is 1. The number of nitrogens with zero attached hydrogens (tertiary/aromatic N) is 3. The van der Waals surface area contributed by atoms with Crippen LogP contribution in [0.25, 0.3) is 22.6 Å². The molecule has 3 N–H and O–H groups in total. The first kappa shape index (κ1) is 11.0. The number of para-hydroxylation sites is 1. The van der Waals surface area contributed by atoms with E-state index < -0.39 is 0 Å². The van der Waals surface area contributed by atoms with Gasteiger partial charge in [0, 0.05) is 13.6 Å². The summed E-state index contributed by atoms with van der Waals surface area (Å²) in [5.74, 6) is 0.828. The Hall–Kier alpha value is -2.14. The Morgan fingerprint density at radius 3 is 2.89 bits per heavy atom. The number of benzene rings is 1. The van der Waals surface area contributed by atoms with E-state index in [4.69, 9.17) is 5.73 Å². The van der Waals surface area contributed by atoms with E-state index >= 15 is 0 Å². The lowest BCUT2D eigenvalue weighted by molar-refractivity contribution is 0.760. The molecule has 0 bridgehead atoms. The molecule has 0 aliphatic rings. The molecule has 0 atom stereocenters. The van der Waals surface area contributed by atoms with E-state index in [0.717, 1.165) is 33.8 Å². The molecule has 0 aliphatic heterocycles. The third kappa shape index (κ3) is 1.60. The van der Waals surface area contributed by atoms with Gasteiger partial charge < -0.3 is 10.7 Å². The highest BCUT2D eigenvalue weighted by Gasteiger charge is 2.11. The summed E-state index contributed by atoms with van der Waals surface area (Å²) in [5, 5.41) is 4.33. The number of H-pyrrole nitrogens is 1. The fraction of sp³-hybridized carbons (Fsp3) is 0.231. The van der Waals surface area contributed by atoms with Crippen LogP contribution < -0.4 is 5.73 Å². The van der Waals surface area contributed by atoms with Gasteiger partial charge in [0.1, 0.15) is 5.69 Å². The Labute approximate surface area is 105 Å².